The molecule has 23 heavy (non-hydrogen) atoms. The standard InChI is InChI=1S/C19H28O3S/c1-3-4-5-6-10-17(15-23-13-12-19(21)22-2)18-11-8-7-9-16(18)14-20/h7-9,11,14,17H,3-6,10,12-13,15H2,1-2H3. The number of methoxy groups -OCH3 is 1. The number of hydrogen-bond acceptors (Lipinski definition) is 4. The van der Waals surface area contributed by atoms with E-state index < -0.39 is 0 Å². The number of ether oxygens (including phenoxy) is 1. The highest BCUT2D eigenvalue weighted by Crippen LogP contribution is 2.29. The maximum Gasteiger partial charge on any atom is 0.306 e. The number of rotatable bonds is 12. The highest BCUT2D eigenvalue weighted by atomic mass is 32.2. The molecule has 0 aliphatic carbocycles. The predicted molar refractivity (Wildman–Crippen MR) is 97.3 cm³/mol. The lowest BCUT2D eigenvalue weighted by atomic mass is 9.91. The number of thioether (sulfide) groups is 1. The summed E-state index contributed by atoms with van der Waals surface area (Å²) in [4.78, 5) is 22.5. The van der Waals surface area contributed by atoms with E-state index in [9.17, 15) is 9.59 Å². The van der Waals surface area contributed by atoms with Crippen molar-refractivity contribution in [3.8, 4) is 0 Å². The molecular formula is C19H28O3S. The van der Waals surface area contributed by atoms with Gasteiger partial charge in [0.1, 0.15) is 6.29 Å². The molecule has 0 heterocycles. The molecule has 0 aliphatic rings. The monoisotopic (exact) mass is 336 g/mol. The quantitative estimate of drug-likeness (QED) is 0.311. The average Bonchev–Trinajstić information content (AvgIpc) is 2.60. The molecule has 0 amide bonds. The fraction of sp³-hybridized carbons (Fsp3) is 0.579. The predicted octanol–water partition coefficient (Wildman–Crippen LogP) is 4.85. The second-order valence-corrected chi connectivity index (χ2v) is 6.84. The zero-order valence-corrected chi connectivity index (χ0v) is 15.1. The summed E-state index contributed by atoms with van der Waals surface area (Å²) in [7, 11) is 1.42. The van der Waals surface area contributed by atoms with Crippen LogP contribution in [-0.4, -0.2) is 30.9 Å². The van der Waals surface area contributed by atoms with Crippen molar-refractivity contribution in [3.05, 3.63) is 35.4 Å². The largest absolute Gasteiger partial charge is 0.469 e. The first-order chi connectivity index (χ1) is 11.2. The summed E-state index contributed by atoms with van der Waals surface area (Å²) in [5, 5.41) is 0. The fourth-order valence-electron chi connectivity index (χ4n) is 2.62. The summed E-state index contributed by atoms with van der Waals surface area (Å²) in [6.07, 6.45) is 7.40. The smallest absolute Gasteiger partial charge is 0.306 e. The first-order valence-electron chi connectivity index (χ1n) is 8.41. The van der Waals surface area contributed by atoms with Crippen LogP contribution in [0, 0.1) is 0 Å². The van der Waals surface area contributed by atoms with Gasteiger partial charge >= 0.3 is 5.97 Å². The van der Waals surface area contributed by atoms with Crippen molar-refractivity contribution in [2.45, 2.75) is 51.4 Å². The average molecular weight is 336 g/mol. The third-order valence-electron chi connectivity index (χ3n) is 3.97. The Bertz CT molecular complexity index is 473. The maximum atomic E-state index is 11.3. The lowest BCUT2D eigenvalue weighted by molar-refractivity contribution is -0.140. The summed E-state index contributed by atoms with van der Waals surface area (Å²) >= 11 is 1.77. The minimum Gasteiger partial charge on any atom is -0.469 e. The molecule has 128 valence electrons. The first-order valence-corrected chi connectivity index (χ1v) is 9.57. The van der Waals surface area contributed by atoms with Gasteiger partial charge in [-0.25, -0.2) is 0 Å². The molecule has 1 atom stereocenters. The van der Waals surface area contributed by atoms with Crippen LogP contribution in [0.1, 0.15) is 67.3 Å². The van der Waals surface area contributed by atoms with Crippen LogP contribution in [-0.2, 0) is 9.53 Å². The van der Waals surface area contributed by atoms with E-state index in [1.165, 1.54) is 32.8 Å². The highest BCUT2D eigenvalue weighted by molar-refractivity contribution is 7.99. The van der Waals surface area contributed by atoms with E-state index in [1.807, 2.05) is 18.2 Å². The van der Waals surface area contributed by atoms with Crippen molar-refractivity contribution in [3.63, 3.8) is 0 Å². The van der Waals surface area contributed by atoms with E-state index in [-0.39, 0.29) is 5.97 Å². The number of unbranched alkanes of at least 4 members (excludes halogenated alkanes) is 3. The number of aldehydes is 1. The molecule has 0 N–H and O–H groups in total. The molecule has 0 aromatic heterocycles. The molecule has 4 heteroatoms. The van der Waals surface area contributed by atoms with Crippen molar-refractivity contribution in [1.29, 1.82) is 0 Å². The third-order valence-corrected chi connectivity index (χ3v) is 5.10. The number of hydrogen-bond donors (Lipinski definition) is 0. The van der Waals surface area contributed by atoms with E-state index in [0.29, 0.717) is 12.3 Å². The molecule has 0 saturated heterocycles. The van der Waals surface area contributed by atoms with Gasteiger partial charge in [-0.15, -0.1) is 0 Å². The molecule has 1 aromatic carbocycles. The molecule has 3 nitrogen and oxygen atoms in total. The summed E-state index contributed by atoms with van der Waals surface area (Å²) in [6.45, 7) is 2.21. The summed E-state index contributed by atoms with van der Waals surface area (Å²) in [6, 6.07) is 7.86. The Morgan fingerprint density at radius 3 is 2.74 bits per heavy atom. The molecular weight excluding hydrogens is 308 g/mol. The number of benzene rings is 1. The van der Waals surface area contributed by atoms with E-state index in [2.05, 4.69) is 17.7 Å². The van der Waals surface area contributed by atoms with Gasteiger partial charge in [-0.1, -0.05) is 56.9 Å². The van der Waals surface area contributed by atoms with Crippen LogP contribution in [0.4, 0.5) is 0 Å². The van der Waals surface area contributed by atoms with Crippen LogP contribution in [0.2, 0.25) is 0 Å². The Hall–Kier alpha value is -1.29. The second kappa shape index (κ2) is 12.2. The lowest BCUT2D eigenvalue weighted by Crippen LogP contribution is -2.08. The Balaban J connectivity index is 2.61. The second-order valence-electron chi connectivity index (χ2n) is 5.69. The van der Waals surface area contributed by atoms with Gasteiger partial charge in [0, 0.05) is 17.1 Å². The Labute approximate surface area is 144 Å². The van der Waals surface area contributed by atoms with E-state index in [4.69, 9.17) is 0 Å². The molecule has 1 unspecified atom stereocenters. The van der Waals surface area contributed by atoms with Gasteiger partial charge in [-0.3, -0.25) is 9.59 Å². The molecule has 0 aliphatic heterocycles. The first kappa shape index (κ1) is 19.8. The van der Waals surface area contributed by atoms with Crippen LogP contribution >= 0.6 is 11.8 Å². The van der Waals surface area contributed by atoms with Crippen molar-refractivity contribution < 1.29 is 14.3 Å². The molecule has 0 fully saturated rings. The number of carbonyl (C=O) groups is 2. The van der Waals surface area contributed by atoms with Crippen LogP contribution in [0.15, 0.2) is 24.3 Å². The molecule has 0 bridgehead atoms. The summed E-state index contributed by atoms with van der Waals surface area (Å²) in [5.41, 5.74) is 1.94. The fourth-order valence-corrected chi connectivity index (χ4v) is 3.73. The minimum absolute atomic E-state index is 0.162. The van der Waals surface area contributed by atoms with Gasteiger partial charge in [0.2, 0.25) is 0 Å². The Morgan fingerprint density at radius 2 is 2.04 bits per heavy atom. The molecule has 1 rings (SSSR count). The molecule has 0 saturated carbocycles. The SMILES string of the molecule is CCCCCCC(CSCCC(=O)OC)c1ccccc1C=O. The molecule has 0 radical (unpaired) electrons. The highest BCUT2D eigenvalue weighted by Gasteiger charge is 2.15. The topological polar surface area (TPSA) is 43.4 Å². The maximum absolute atomic E-state index is 11.3. The zero-order valence-electron chi connectivity index (χ0n) is 14.3. The lowest BCUT2D eigenvalue weighted by Gasteiger charge is -2.19. The van der Waals surface area contributed by atoms with Gasteiger partial charge < -0.3 is 4.74 Å². The van der Waals surface area contributed by atoms with Crippen molar-refractivity contribution in [2.24, 2.45) is 0 Å². The van der Waals surface area contributed by atoms with Crippen LogP contribution in [0.5, 0.6) is 0 Å². The van der Waals surface area contributed by atoms with Crippen LogP contribution in [0.25, 0.3) is 0 Å². The van der Waals surface area contributed by atoms with Gasteiger partial charge in [-0.05, 0) is 17.9 Å². The third kappa shape index (κ3) is 7.69. The summed E-state index contributed by atoms with van der Waals surface area (Å²) < 4.78 is 4.67. The van der Waals surface area contributed by atoms with E-state index in [0.717, 1.165) is 35.3 Å². The number of carbonyl (C=O) groups excluding carboxylic acids is 2. The van der Waals surface area contributed by atoms with E-state index in [1.54, 1.807) is 11.8 Å². The van der Waals surface area contributed by atoms with Crippen molar-refractivity contribution >= 4 is 24.0 Å². The molecule has 0 spiro atoms. The van der Waals surface area contributed by atoms with Crippen LogP contribution < -0.4 is 0 Å². The Kier molecular flexibility index (Phi) is 10.5. The number of esters is 1. The normalized spacial score (nSPS) is 11.9. The van der Waals surface area contributed by atoms with Gasteiger partial charge in [0.05, 0.1) is 13.5 Å². The van der Waals surface area contributed by atoms with Gasteiger partial charge in [-0.2, -0.15) is 11.8 Å². The van der Waals surface area contributed by atoms with E-state index >= 15 is 0 Å². The van der Waals surface area contributed by atoms with Gasteiger partial charge in [0.15, 0.2) is 0 Å². The van der Waals surface area contributed by atoms with Crippen molar-refractivity contribution in [1.82, 2.24) is 0 Å². The Morgan fingerprint density at radius 1 is 1.26 bits per heavy atom. The van der Waals surface area contributed by atoms with Gasteiger partial charge in [0.25, 0.3) is 0 Å². The minimum atomic E-state index is -0.162. The van der Waals surface area contributed by atoms with Crippen molar-refractivity contribution in [2.75, 3.05) is 18.6 Å². The zero-order chi connectivity index (χ0) is 16.9. The molecule has 1 aromatic rings. The summed E-state index contributed by atoms with van der Waals surface area (Å²) in [5.74, 6) is 1.91. The van der Waals surface area contributed by atoms with Crippen LogP contribution in [0.3, 0.4) is 0 Å².